The van der Waals surface area contributed by atoms with Crippen molar-refractivity contribution in [3.05, 3.63) is 51.7 Å². The van der Waals surface area contributed by atoms with Crippen molar-refractivity contribution < 1.29 is 9.18 Å². The van der Waals surface area contributed by atoms with E-state index in [0.29, 0.717) is 22.9 Å². The van der Waals surface area contributed by atoms with Crippen molar-refractivity contribution in [2.24, 2.45) is 5.92 Å². The first-order valence-corrected chi connectivity index (χ1v) is 8.78. The molecule has 1 amide bonds. The van der Waals surface area contributed by atoms with E-state index in [2.05, 4.69) is 10.3 Å². The van der Waals surface area contributed by atoms with Gasteiger partial charge in [-0.25, -0.2) is 9.37 Å². The number of fused-ring (bicyclic) bond motifs is 1. The van der Waals surface area contributed by atoms with E-state index < -0.39 is 11.7 Å². The predicted molar refractivity (Wildman–Crippen MR) is 91.9 cm³/mol. The summed E-state index contributed by atoms with van der Waals surface area (Å²) in [7, 11) is 0. The maximum Gasteiger partial charge on any atom is 0.257 e. The number of rotatable bonds is 3. The molecule has 2 heterocycles. The van der Waals surface area contributed by atoms with Gasteiger partial charge < -0.3 is 5.32 Å². The third-order valence-electron chi connectivity index (χ3n) is 4.11. The van der Waals surface area contributed by atoms with E-state index >= 15 is 0 Å². The molecule has 0 spiro atoms. The molecule has 1 aliphatic rings. The lowest BCUT2D eigenvalue weighted by Crippen LogP contribution is -2.38. The summed E-state index contributed by atoms with van der Waals surface area (Å²) in [6.45, 7) is 4.01. The average molecular weight is 347 g/mol. The van der Waals surface area contributed by atoms with E-state index in [-0.39, 0.29) is 23.7 Å². The monoisotopic (exact) mass is 347 g/mol. The number of para-hydroxylation sites is 1. The highest BCUT2D eigenvalue weighted by Crippen LogP contribution is 2.27. The van der Waals surface area contributed by atoms with Crippen LogP contribution in [0.3, 0.4) is 0 Å². The Balaban J connectivity index is 1.83. The molecule has 1 aliphatic heterocycles. The van der Waals surface area contributed by atoms with Crippen molar-refractivity contribution in [3.63, 3.8) is 0 Å². The molecule has 0 saturated carbocycles. The van der Waals surface area contributed by atoms with E-state index in [0.717, 1.165) is 5.69 Å². The number of hydrogen-bond donors (Lipinski definition) is 1. The summed E-state index contributed by atoms with van der Waals surface area (Å²) >= 11 is 1.38. The summed E-state index contributed by atoms with van der Waals surface area (Å²) in [5.74, 6) is -0.660. The lowest BCUT2D eigenvalue weighted by molar-refractivity contribution is -0.119. The van der Waals surface area contributed by atoms with Gasteiger partial charge in [-0.15, -0.1) is 0 Å². The largest absolute Gasteiger partial charge is 0.323 e. The van der Waals surface area contributed by atoms with Gasteiger partial charge in [0.1, 0.15) is 5.82 Å². The van der Waals surface area contributed by atoms with Crippen LogP contribution in [-0.4, -0.2) is 21.2 Å². The molecule has 0 saturated heterocycles. The standard InChI is InChI=1S/C17H18FN3O2S/c1-3-12-10(2)19-17-21(16(12)23)8-11(9-24-17)15(22)20-14-7-5-4-6-13(14)18/h4-7,11H,3,8-9H2,1-2H3,(H,20,22)/t11-/m0/s1. The Labute approximate surface area is 143 Å². The zero-order valence-corrected chi connectivity index (χ0v) is 14.3. The molecular weight excluding hydrogens is 329 g/mol. The Morgan fingerprint density at radius 3 is 2.92 bits per heavy atom. The third-order valence-corrected chi connectivity index (χ3v) is 5.25. The van der Waals surface area contributed by atoms with Gasteiger partial charge in [-0.1, -0.05) is 30.8 Å². The fraction of sp³-hybridized carbons (Fsp3) is 0.353. The second-order valence-electron chi connectivity index (χ2n) is 5.70. The van der Waals surface area contributed by atoms with Gasteiger partial charge in [0.05, 0.1) is 11.6 Å². The van der Waals surface area contributed by atoms with Gasteiger partial charge in [0.2, 0.25) is 5.91 Å². The molecule has 2 aromatic rings. The van der Waals surface area contributed by atoms with E-state index in [1.165, 1.54) is 23.9 Å². The van der Waals surface area contributed by atoms with Crippen molar-refractivity contribution in [3.8, 4) is 0 Å². The first kappa shape index (κ1) is 16.7. The van der Waals surface area contributed by atoms with Crippen molar-refractivity contribution >= 4 is 23.4 Å². The van der Waals surface area contributed by atoms with Crippen LogP contribution >= 0.6 is 11.8 Å². The molecule has 0 radical (unpaired) electrons. The normalized spacial score (nSPS) is 16.5. The molecule has 1 N–H and O–H groups in total. The number of anilines is 1. The van der Waals surface area contributed by atoms with Crippen molar-refractivity contribution in [2.45, 2.75) is 32.0 Å². The summed E-state index contributed by atoms with van der Waals surface area (Å²) in [4.78, 5) is 29.5. The number of aryl methyl sites for hydroxylation is 1. The average Bonchev–Trinajstić information content (AvgIpc) is 2.57. The van der Waals surface area contributed by atoms with Crippen LogP contribution in [0.2, 0.25) is 0 Å². The Kier molecular flexibility index (Phi) is 4.71. The van der Waals surface area contributed by atoms with Crippen LogP contribution in [0.4, 0.5) is 10.1 Å². The van der Waals surface area contributed by atoms with Gasteiger partial charge in [0.15, 0.2) is 5.16 Å². The summed E-state index contributed by atoms with van der Waals surface area (Å²) in [5.41, 5.74) is 1.49. The Morgan fingerprint density at radius 2 is 2.21 bits per heavy atom. The summed E-state index contributed by atoms with van der Waals surface area (Å²) in [6.07, 6.45) is 0.606. The van der Waals surface area contributed by atoms with E-state index in [9.17, 15) is 14.0 Å². The fourth-order valence-corrected chi connectivity index (χ4v) is 3.88. The molecule has 0 aliphatic carbocycles. The second kappa shape index (κ2) is 6.76. The van der Waals surface area contributed by atoms with Crippen molar-refractivity contribution in [1.82, 2.24) is 9.55 Å². The SMILES string of the molecule is CCc1c(C)nc2n(c1=O)C[C@H](C(=O)Nc1ccccc1F)CS2. The van der Waals surface area contributed by atoms with Crippen LogP contribution in [0.1, 0.15) is 18.2 Å². The lowest BCUT2D eigenvalue weighted by atomic mass is 10.1. The Bertz CT molecular complexity index is 850. The van der Waals surface area contributed by atoms with Crippen LogP contribution in [0.25, 0.3) is 0 Å². The predicted octanol–water partition coefficient (Wildman–Crippen LogP) is 2.61. The molecule has 7 heteroatoms. The number of nitrogens with one attached hydrogen (secondary N) is 1. The number of halogens is 1. The number of hydrogen-bond acceptors (Lipinski definition) is 4. The topological polar surface area (TPSA) is 64.0 Å². The quantitative estimate of drug-likeness (QED) is 0.867. The fourth-order valence-electron chi connectivity index (χ4n) is 2.76. The smallest absolute Gasteiger partial charge is 0.257 e. The van der Waals surface area contributed by atoms with E-state index in [1.807, 2.05) is 13.8 Å². The zero-order valence-electron chi connectivity index (χ0n) is 13.5. The van der Waals surface area contributed by atoms with Gasteiger partial charge >= 0.3 is 0 Å². The lowest BCUT2D eigenvalue weighted by Gasteiger charge is -2.25. The minimum absolute atomic E-state index is 0.0871. The molecule has 24 heavy (non-hydrogen) atoms. The van der Waals surface area contributed by atoms with Crippen molar-refractivity contribution in [1.29, 1.82) is 0 Å². The van der Waals surface area contributed by atoms with Gasteiger partial charge in [0, 0.05) is 23.6 Å². The Morgan fingerprint density at radius 1 is 1.46 bits per heavy atom. The molecular formula is C17H18FN3O2S. The molecule has 1 atom stereocenters. The number of amides is 1. The van der Waals surface area contributed by atoms with Gasteiger partial charge in [-0.2, -0.15) is 0 Å². The van der Waals surface area contributed by atoms with Crippen molar-refractivity contribution in [2.75, 3.05) is 11.1 Å². The molecule has 3 rings (SSSR count). The number of carbonyl (C=O) groups is 1. The van der Waals surface area contributed by atoms with Crippen LogP contribution in [0, 0.1) is 18.7 Å². The molecule has 1 aromatic carbocycles. The molecule has 0 bridgehead atoms. The van der Waals surface area contributed by atoms with Gasteiger partial charge in [-0.05, 0) is 25.5 Å². The minimum atomic E-state index is -0.475. The number of benzene rings is 1. The van der Waals surface area contributed by atoms with E-state index in [4.69, 9.17) is 0 Å². The van der Waals surface area contributed by atoms with Gasteiger partial charge in [0.25, 0.3) is 5.56 Å². The number of nitrogens with zero attached hydrogens (tertiary/aromatic N) is 2. The Hall–Kier alpha value is -2.15. The molecule has 0 fully saturated rings. The first-order chi connectivity index (χ1) is 11.5. The summed E-state index contributed by atoms with van der Waals surface area (Å²) in [5, 5.41) is 3.25. The molecule has 1 aromatic heterocycles. The third kappa shape index (κ3) is 3.08. The number of aromatic nitrogens is 2. The van der Waals surface area contributed by atoms with Crippen LogP contribution in [0.5, 0.6) is 0 Å². The highest BCUT2D eigenvalue weighted by Gasteiger charge is 2.28. The molecule has 126 valence electrons. The summed E-state index contributed by atoms with van der Waals surface area (Å²) in [6, 6.07) is 6.04. The zero-order chi connectivity index (χ0) is 17.3. The first-order valence-electron chi connectivity index (χ1n) is 7.79. The maximum atomic E-state index is 13.7. The van der Waals surface area contributed by atoms with Crippen LogP contribution in [-0.2, 0) is 17.8 Å². The minimum Gasteiger partial charge on any atom is -0.323 e. The molecule has 0 unspecified atom stereocenters. The van der Waals surface area contributed by atoms with Crippen LogP contribution < -0.4 is 10.9 Å². The van der Waals surface area contributed by atoms with Crippen LogP contribution in [0.15, 0.2) is 34.2 Å². The highest BCUT2D eigenvalue weighted by atomic mass is 32.2. The van der Waals surface area contributed by atoms with Gasteiger partial charge in [-0.3, -0.25) is 14.2 Å². The maximum absolute atomic E-state index is 13.7. The number of thioether (sulfide) groups is 1. The number of carbonyl (C=O) groups excluding carboxylic acids is 1. The summed E-state index contributed by atoms with van der Waals surface area (Å²) < 4.78 is 15.2. The highest BCUT2D eigenvalue weighted by molar-refractivity contribution is 7.99. The van der Waals surface area contributed by atoms with E-state index in [1.54, 1.807) is 16.7 Å². The second-order valence-corrected chi connectivity index (χ2v) is 6.69. The molecule has 5 nitrogen and oxygen atoms in total.